The second kappa shape index (κ2) is 4.80. The van der Waals surface area contributed by atoms with Gasteiger partial charge in [-0.05, 0) is 11.8 Å². The molecule has 0 aromatic heterocycles. The lowest BCUT2D eigenvalue weighted by Gasteiger charge is -2.14. The van der Waals surface area contributed by atoms with Crippen LogP contribution in [0.4, 0.5) is 0 Å². The Balaban J connectivity index is 3.59. The maximum Gasteiger partial charge on any atom is 0.186 e. The van der Waals surface area contributed by atoms with E-state index in [9.17, 15) is 0 Å². The summed E-state index contributed by atoms with van der Waals surface area (Å²) >= 11 is 0. The van der Waals surface area contributed by atoms with E-state index < -0.39 is 0 Å². The minimum Gasteiger partial charge on any atom is -0.370 e. The number of hydrogen-bond acceptors (Lipinski definition) is 1. The molecule has 0 unspecified atom stereocenters. The fraction of sp³-hybridized carbons (Fsp3) is 0.667. The summed E-state index contributed by atoms with van der Waals surface area (Å²) in [6.07, 6.45) is 5.13. The molecule has 3 heteroatoms. The Morgan fingerprint density at radius 3 is 2.25 bits per heavy atom. The Kier molecular flexibility index (Phi) is 4.40. The molecule has 0 saturated carbocycles. The summed E-state index contributed by atoms with van der Waals surface area (Å²) in [5, 5.41) is 0. The van der Waals surface area contributed by atoms with Crippen LogP contribution in [0.15, 0.2) is 17.1 Å². The number of nitrogens with zero attached hydrogens (tertiary/aromatic N) is 1. The zero-order valence-corrected chi connectivity index (χ0v) is 8.17. The number of nitrogens with two attached hydrogens (primary N) is 2. The Hall–Kier alpha value is -0.990. The maximum absolute atomic E-state index is 5.15. The molecule has 0 aromatic rings. The van der Waals surface area contributed by atoms with E-state index in [-0.39, 0.29) is 5.96 Å². The van der Waals surface area contributed by atoms with Crippen molar-refractivity contribution in [3.63, 3.8) is 0 Å². The van der Waals surface area contributed by atoms with Gasteiger partial charge in [0.2, 0.25) is 0 Å². The summed E-state index contributed by atoms with van der Waals surface area (Å²) in [5.74, 6) is 0.149. The van der Waals surface area contributed by atoms with Crippen LogP contribution in [0.5, 0.6) is 0 Å². The molecule has 0 amide bonds. The molecule has 0 heterocycles. The molecular formula is C9H19N3. The van der Waals surface area contributed by atoms with Gasteiger partial charge in [0.25, 0.3) is 0 Å². The molecule has 0 saturated heterocycles. The summed E-state index contributed by atoms with van der Waals surface area (Å²) in [6.45, 7) is 7.16. The Labute approximate surface area is 74.5 Å². The van der Waals surface area contributed by atoms with Gasteiger partial charge in [-0.1, -0.05) is 32.9 Å². The lowest BCUT2D eigenvalue weighted by Crippen LogP contribution is -2.22. The van der Waals surface area contributed by atoms with Gasteiger partial charge in [-0.15, -0.1) is 0 Å². The van der Waals surface area contributed by atoms with Crippen LogP contribution in [0.1, 0.15) is 27.2 Å². The van der Waals surface area contributed by atoms with Crippen molar-refractivity contribution in [2.45, 2.75) is 27.2 Å². The molecule has 0 radical (unpaired) electrons. The van der Waals surface area contributed by atoms with E-state index in [2.05, 4.69) is 31.8 Å². The lowest BCUT2D eigenvalue weighted by molar-refractivity contribution is 0.420. The zero-order chi connectivity index (χ0) is 9.61. The van der Waals surface area contributed by atoms with E-state index >= 15 is 0 Å². The van der Waals surface area contributed by atoms with E-state index in [1.165, 1.54) is 0 Å². The lowest BCUT2D eigenvalue weighted by atomic mass is 9.92. The summed E-state index contributed by atoms with van der Waals surface area (Å²) in [7, 11) is 0. The van der Waals surface area contributed by atoms with E-state index in [4.69, 9.17) is 11.5 Å². The van der Waals surface area contributed by atoms with Crippen molar-refractivity contribution in [1.82, 2.24) is 0 Å². The molecule has 4 N–H and O–H groups in total. The molecule has 0 aliphatic rings. The van der Waals surface area contributed by atoms with Crippen molar-refractivity contribution >= 4 is 5.96 Å². The van der Waals surface area contributed by atoms with Gasteiger partial charge in [0, 0.05) is 0 Å². The molecule has 0 spiro atoms. The first-order valence-electron chi connectivity index (χ1n) is 4.12. The normalized spacial score (nSPS) is 11.9. The van der Waals surface area contributed by atoms with Gasteiger partial charge in [0.1, 0.15) is 0 Å². The average Bonchev–Trinajstić information content (AvgIpc) is 1.83. The van der Waals surface area contributed by atoms with Gasteiger partial charge in [-0.3, -0.25) is 0 Å². The minimum absolute atomic E-state index is 0.149. The highest BCUT2D eigenvalue weighted by Crippen LogP contribution is 2.18. The number of guanidine groups is 1. The van der Waals surface area contributed by atoms with Gasteiger partial charge >= 0.3 is 0 Å². The average molecular weight is 169 g/mol. The van der Waals surface area contributed by atoms with Crippen molar-refractivity contribution < 1.29 is 0 Å². The second-order valence-corrected chi connectivity index (χ2v) is 4.00. The standard InChI is InChI=1S/C9H19N3/c1-9(2,3)6-4-5-7-12-8(10)11/h4-5H,6-7H2,1-3H3,(H4,10,11,12)/b5-4-. The molecule has 70 valence electrons. The first-order valence-corrected chi connectivity index (χ1v) is 4.12. The summed E-state index contributed by atoms with van der Waals surface area (Å²) in [6, 6.07) is 0. The fourth-order valence-electron chi connectivity index (χ4n) is 0.670. The van der Waals surface area contributed by atoms with Crippen LogP contribution < -0.4 is 11.5 Å². The third kappa shape index (κ3) is 9.01. The zero-order valence-electron chi connectivity index (χ0n) is 8.17. The molecule has 0 atom stereocenters. The topological polar surface area (TPSA) is 64.4 Å². The fourth-order valence-corrected chi connectivity index (χ4v) is 0.670. The quantitative estimate of drug-likeness (QED) is 0.379. The Bertz CT molecular complexity index is 171. The van der Waals surface area contributed by atoms with Crippen LogP contribution in [-0.4, -0.2) is 12.5 Å². The molecule has 0 fully saturated rings. The molecule has 0 rings (SSSR count). The minimum atomic E-state index is 0.149. The molecule has 0 aromatic carbocycles. The van der Waals surface area contributed by atoms with E-state index in [0.717, 1.165) is 6.42 Å². The molecule has 0 aliphatic heterocycles. The summed E-state index contributed by atoms with van der Waals surface area (Å²) in [5.41, 5.74) is 10.7. The Morgan fingerprint density at radius 2 is 1.83 bits per heavy atom. The van der Waals surface area contributed by atoms with Crippen LogP contribution in [-0.2, 0) is 0 Å². The third-order valence-corrected chi connectivity index (χ3v) is 1.28. The maximum atomic E-state index is 5.15. The highest BCUT2D eigenvalue weighted by Gasteiger charge is 2.05. The van der Waals surface area contributed by atoms with Crippen LogP contribution in [0.25, 0.3) is 0 Å². The van der Waals surface area contributed by atoms with Crippen molar-refractivity contribution in [2.75, 3.05) is 6.54 Å². The van der Waals surface area contributed by atoms with Crippen LogP contribution >= 0.6 is 0 Å². The largest absolute Gasteiger partial charge is 0.370 e. The highest BCUT2D eigenvalue weighted by atomic mass is 15.0. The van der Waals surface area contributed by atoms with E-state index in [1.54, 1.807) is 0 Å². The number of allylic oxidation sites excluding steroid dienone is 1. The predicted octanol–water partition coefficient (Wildman–Crippen LogP) is 1.25. The van der Waals surface area contributed by atoms with E-state index in [0.29, 0.717) is 12.0 Å². The van der Waals surface area contributed by atoms with Gasteiger partial charge in [-0.2, -0.15) is 0 Å². The molecule has 3 nitrogen and oxygen atoms in total. The smallest absolute Gasteiger partial charge is 0.186 e. The van der Waals surface area contributed by atoms with Gasteiger partial charge in [0.15, 0.2) is 5.96 Å². The number of hydrogen-bond donors (Lipinski definition) is 2. The first-order chi connectivity index (χ1) is 5.42. The van der Waals surface area contributed by atoms with Crippen molar-refractivity contribution in [3.8, 4) is 0 Å². The Morgan fingerprint density at radius 1 is 1.25 bits per heavy atom. The van der Waals surface area contributed by atoms with Crippen LogP contribution in [0.2, 0.25) is 0 Å². The van der Waals surface area contributed by atoms with Crippen molar-refractivity contribution in [2.24, 2.45) is 21.9 Å². The second-order valence-electron chi connectivity index (χ2n) is 4.00. The first kappa shape index (κ1) is 11.0. The number of rotatable bonds is 3. The van der Waals surface area contributed by atoms with Gasteiger partial charge < -0.3 is 11.5 Å². The predicted molar refractivity (Wildman–Crippen MR) is 53.9 cm³/mol. The van der Waals surface area contributed by atoms with Crippen LogP contribution in [0.3, 0.4) is 0 Å². The van der Waals surface area contributed by atoms with Gasteiger partial charge in [-0.25, -0.2) is 4.99 Å². The monoisotopic (exact) mass is 169 g/mol. The molecule has 0 bridgehead atoms. The molecule has 0 aliphatic carbocycles. The third-order valence-electron chi connectivity index (χ3n) is 1.28. The number of aliphatic imine (C=N–C) groups is 1. The van der Waals surface area contributed by atoms with Crippen LogP contribution in [0, 0.1) is 5.41 Å². The SMILES string of the molecule is CC(C)(C)C/C=C\CN=C(N)N. The highest BCUT2D eigenvalue weighted by molar-refractivity contribution is 5.75. The summed E-state index contributed by atoms with van der Waals surface area (Å²) < 4.78 is 0. The van der Waals surface area contributed by atoms with Gasteiger partial charge in [0.05, 0.1) is 6.54 Å². The summed E-state index contributed by atoms with van der Waals surface area (Å²) in [4.78, 5) is 3.83. The molecule has 12 heavy (non-hydrogen) atoms. The van der Waals surface area contributed by atoms with E-state index in [1.807, 2.05) is 6.08 Å². The molecular weight excluding hydrogens is 150 g/mol. The van der Waals surface area contributed by atoms with Crippen molar-refractivity contribution in [1.29, 1.82) is 0 Å². The van der Waals surface area contributed by atoms with Crippen molar-refractivity contribution in [3.05, 3.63) is 12.2 Å².